The summed E-state index contributed by atoms with van der Waals surface area (Å²) in [5.74, 6) is 0. The molecular formula is C18H13NS. The Morgan fingerprint density at radius 3 is 2.30 bits per heavy atom. The van der Waals surface area contributed by atoms with Gasteiger partial charge in [-0.2, -0.15) is 0 Å². The Labute approximate surface area is 121 Å². The molecule has 0 saturated carbocycles. The van der Waals surface area contributed by atoms with Crippen LogP contribution in [0.15, 0.2) is 66.7 Å². The molecule has 0 aliphatic rings. The molecule has 4 aromatic rings. The van der Waals surface area contributed by atoms with Crippen LogP contribution in [0.1, 0.15) is 0 Å². The second-order valence-corrected chi connectivity index (χ2v) is 5.92. The average molecular weight is 275 g/mol. The lowest BCUT2D eigenvalue weighted by molar-refractivity contribution is 1.65. The Balaban J connectivity index is 2.07. The van der Waals surface area contributed by atoms with Crippen LogP contribution in [-0.2, 0) is 0 Å². The van der Waals surface area contributed by atoms with Crippen LogP contribution in [0.2, 0.25) is 0 Å². The molecule has 0 unspecified atom stereocenters. The summed E-state index contributed by atoms with van der Waals surface area (Å²) >= 11 is 1.77. The first kappa shape index (κ1) is 11.5. The van der Waals surface area contributed by atoms with Crippen molar-refractivity contribution in [3.63, 3.8) is 0 Å². The van der Waals surface area contributed by atoms with Gasteiger partial charge in [-0.1, -0.05) is 60.7 Å². The monoisotopic (exact) mass is 275 g/mol. The summed E-state index contributed by atoms with van der Waals surface area (Å²) in [6.45, 7) is 0. The third-order valence-corrected chi connectivity index (χ3v) is 4.89. The molecule has 2 heteroatoms. The fourth-order valence-electron chi connectivity index (χ4n) is 2.68. The quantitative estimate of drug-likeness (QED) is 0.468. The fraction of sp³-hybridized carbons (Fsp3) is 0. The minimum absolute atomic E-state index is 0.884. The molecular weight excluding hydrogens is 262 g/mol. The number of hydrogen-bond donors (Lipinski definition) is 1. The van der Waals surface area contributed by atoms with Gasteiger partial charge in [-0.25, -0.2) is 0 Å². The van der Waals surface area contributed by atoms with Gasteiger partial charge in [0.25, 0.3) is 0 Å². The van der Waals surface area contributed by atoms with Gasteiger partial charge in [0.05, 0.1) is 10.4 Å². The van der Waals surface area contributed by atoms with Gasteiger partial charge in [0.2, 0.25) is 0 Å². The lowest BCUT2D eigenvalue weighted by atomic mass is 10.0. The van der Waals surface area contributed by atoms with Gasteiger partial charge in [-0.15, -0.1) is 11.3 Å². The number of rotatable bonds is 1. The summed E-state index contributed by atoms with van der Waals surface area (Å²) in [5.41, 5.74) is 9.60. The van der Waals surface area contributed by atoms with E-state index in [2.05, 4.69) is 48.5 Å². The molecule has 2 N–H and O–H groups in total. The standard InChI is InChI=1S/C18H13NS/c19-17-13(12-6-2-1-3-7-12)10-11-15-14-8-4-5-9-16(14)20-18(15)17/h1-11H,19H2. The van der Waals surface area contributed by atoms with Crippen molar-refractivity contribution in [3.8, 4) is 11.1 Å². The van der Waals surface area contributed by atoms with Crippen LogP contribution in [0.3, 0.4) is 0 Å². The van der Waals surface area contributed by atoms with Crippen molar-refractivity contribution in [2.75, 3.05) is 5.73 Å². The number of thiophene rings is 1. The number of fused-ring (bicyclic) bond motifs is 3. The van der Waals surface area contributed by atoms with E-state index in [0.717, 1.165) is 11.3 Å². The van der Waals surface area contributed by atoms with Crippen LogP contribution in [0.4, 0.5) is 5.69 Å². The van der Waals surface area contributed by atoms with Gasteiger partial charge in [-0.3, -0.25) is 0 Å². The zero-order valence-corrected chi connectivity index (χ0v) is 11.7. The molecule has 20 heavy (non-hydrogen) atoms. The van der Waals surface area contributed by atoms with E-state index < -0.39 is 0 Å². The maximum absolute atomic E-state index is 6.43. The summed E-state index contributed by atoms with van der Waals surface area (Å²) < 4.78 is 2.48. The molecule has 0 radical (unpaired) electrons. The van der Waals surface area contributed by atoms with E-state index in [-0.39, 0.29) is 0 Å². The number of nitrogen functional groups attached to an aromatic ring is 1. The highest BCUT2D eigenvalue weighted by Gasteiger charge is 2.11. The maximum atomic E-state index is 6.43. The van der Waals surface area contributed by atoms with Crippen LogP contribution in [-0.4, -0.2) is 0 Å². The predicted molar refractivity (Wildman–Crippen MR) is 89.2 cm³/mol. The first-order valence-corrected chi connectivity index (χ1v) is 7.41. The SMILES string of the molecule is Nc1c(-c2ccccc2)ccc2c1sc1ccccc12. The summed E-state index contributed by atoms with van der Waals surface area (Å²) in [5, 5.41) is 2.54. The fourth-order valence-corrected chi connectivity index (χ4v) is 3.84. The van der Waals surface area contributed by atoms with Gasteiger partial charge < -0.3 is 5.73 Å². The second-order valence-electron chi connectivity index (χ2n) is 4.87. The van der Waals surface area contributed by atoms with Crippen molar-refractivity contribution in [1.29, 1.82) is 0 Å². The molecule has 0 fully saturated rings. The van der Waals surface area contributed by atoms with Crippen LogP contribution >= 0.6 is 11.3 Å². The predicted octanol–water partition coefficient (Wildman–Crippen LogP) is 5.30. The lowest BCUT2D eigenvalue weighted by Gasteiger charge is -2.06. The zero-order valence-electron chi connectivity index (χ0n) is 10.8. The first-order valence-electron chi connectivity index (χ1n) is 6.60. The van der Waals surface area contributed by atoms with Crippen LogP contribution in [0.25, 0.3) is 31.3 Å². The van der Waals surface area contributed by atoms with Crippen molar-refractivity contribution in [3.05, 3.63) is 66.7 Å². The van der Waals surface area contributed by atoms with Crippen LogP contribution in [0.5, 0.6) is 0 Å². The normalized spacial score (nSPS) is 11.2. The minimum atomic E-state index is 0.884. The summed E-state index contributed by atoms with van der Waals surface area (Å²) in [6.07, 6.45) is 0. The molecule has 0 spiro atoms. The van der Waals surface area contributed by atoms with Crippen molar-refractivity contribution >= 4 is 37.2 Å². The first-order chi connectivity index (χ1) is 9.84. The van der Waals surface area contributed by atoms with Gasteiger partial charge in [-0.05, 0) is 11.6 Å². The van der Waals surface area contributed by atoms with E-state index in [1.165, 1.54) is 25.7 Å². The second kappa shape index (κ2) is 4.36. The van der Waals surface area contributed by atoms with E-state index in [4.69, 9.17) is 5.73 Å². The summed E-state index contributed by atoms with van der Waals surface area (Å²) in [6, 6.07) is 23.1. The number of hydrogen-bond acceptors (Lipinski definition) is 2. The summed E-state index contributed by atoms with van der Waals surface area (Å²) in [7, 11) is 0. The largest absolute Gasteiger partial charge is 0.397 e. The molecule has 0 aliphatic carbocycles. The van der Waals surface area contributed by atoms with Crippen LogP contribution < -0.4 is 5.73 Å². The van der Waals surface area contributed by atoms with E-state index >= 15 is 0 Å². The van der Waals surface area contributed by atoms with Gasteiger partial charge in [0.1, 0.15) is 0 Å². The molecule has 0 aliphatic heterocycles. The van der Waals surface area contributed by atoms with E-state index in [9.17, 15) is 0 Å². The van der Waals surface area contributed by atoms with Gasteiger partial charge >= 0.3 is 0 Å². The van der Waals surface area contributed by atoms with Crippen molar-refractivity contribution in [2.24, 2.45) is 0 Å². The number of anilines is 1. The Kier molecular flexibility index (Phi) is 2.51. The molecule has 1 aromatic heterocycles. The van der Waals surface area contributed by atoms with Crippen molar-refractivity contribution in [1.82, 2.24) is 0 Å². The summed E-state index contributed by atoms with van der Waals surface area (Å²) in [4.78, 5) is 0. The highest BCUT2D eigenvalue weighted by molar-refractivity contribution is 7.26. The molecule has 4 rings (SSSR count). The topological polar surface area (TPSA) is 26.0 Å². The van der Waals surface area contributed by atoms with Gasteiger partial charge in [0.15, 0.2) is 0 Å². The highest BCUT2D eigenvalue weighted by atomic mass is 32.1. The Morgan fingerprint density at radius 2 is 1.45 bits per heavy atom. The van der Waals surface area contributed by atoms with E-state index in [0.29, 0.717) is 0 Å². The van der Waals surface area contributed by atoms with E-state index in [1.807, 2.05) is 18.2 Å². The molecule has 3 aromatic carbocycles. The molecule has 1 heterocycles. The third-order valence-electron chi connectivity index (χ3n) is 3.67. The highest BCUT2D eigenvalue weighted by Crippen LogP contribution is 2.41. The number of nitrogens with two attached hydrogens (primary N) is 1. The maximum Gasteiger partial charge on any atom is 0.0591 e. The minimum Gasteiger partial charge on any atom is -0.397 e. The average Bonchev–Trinajstić information content (AvgIpc) is 2.88. The molecule has 0 bridgehead atoms. The Hall–Kier alpha value is -2.32. The number of benzene rings is 3. The Bertz CT molecular complexity index is 907. The zero-order chi connectivity index (χ0) is 13.5. The van der Waals surface area contributed by atoms with Crippen molar-refractivity contribution < 1.29 is 0 Å². The van der Waals surface area contributed by atoms with Crippen LogP contribution in [0, 0.1) is 0 Å². The van der Waals surface area contributed by atoms with Gasteiger partial charge in [0, 0.05) is 21.0 Å². The molecule has 1 nitrogen and oxygen atoms in total. The molecule has 96 valence electrons. The molecule has 0 amide bonds. The third kappa shape index (κ3) is 1.62. The smallest absolute Gasteiger partial charge is 0.0591 e. The lowest BCUT2D eigenvalue weighted by Crippen LogP contribution is -1.89. The molecule has 0 atom stereocenters. The Morgan fingerprint density at radius 1 is 0.700 bits per heavy atom. The van der Waals surface area contributed by atoms with Crippen molar-refractivity contribution in [2.45, 2.75) is 0 Å². The molecule has 0 saturated heterocycles. The van der Waals surface area contributed by atoms with E-state index in [1.54, 1.807) is 11.3 Å².